The van der Waals surface area contributed by atoms with Crippen molar-refractivity contribution in [1.82, 2.24) is 9.62 Å². The minimum Gasteiger partial charge on any atom is -0.492 e. The monoisotopic (exact) mass is 340 g/mol. The topological polar surface area (TPSA) is 67.9 Å². The maximum Gasteiger partial charge on any atom is 0.215 e. The van der Waals surface area contributed by atoms with Crippen LogP contribution in [0.5, 0.6) is 5.75 Å². The van der Waals surface area contributed by atoms with Crippen molar-refractivity contribution in [2.24, 2.45) is 5.92 Å². The Balaban J connectivity index is 1.53. The van der Waals surface area contributed by atoms with Crippen molar-refractivity contribution in [3.8, 4) is 5.75 Å². The molecule has 2 fully saturated rings. The molecule has 1 N–H and O–H groups in total. The Kier molecular flexibility index (Phi) is 4.91. The van der Waals surface area contributed by atoms with E-state index in [9.17, 15) is 8.42 Å². The van der Waals surface area contributed by atoms with Gasteiger partial charge in [-0.05, 0) is 32.6 Å². The smallest absolute Gasteiger partial charge is 0.215 e. The third-order valence-corrected chi connectivity index (χ3v) is 5.96. The standard InChI is InChI=1S/C16H24N2O4S/c1-18(2)15-14(13-8-9-22-16(13)15)17-23(19,20)11-10-21-12-6-4-3-5-7-12/h3-7,13-17H,8-11H2,1-2H3/t13-,14+,15-,16-/m0/s1. The minimum atomic E-state index is -3.37. The molecule has 0 aromatic heterocycles. The van der Waals surface area contributed by atoms with Gasteiger partial charge >= 0.3 is 0 Å². The first-order valence-electron chi connectivity index (χ1n) is 7.94. The number of nitrogens with one attached hydrogen (secondary N) is 1. The highest BCUT2D eigenvalue weighted by molar-refractivity contribution is 7.89. The van der Waals surface area contributed by atoms with Gasteiger partial charge in [0.25, 0.3) is 0 Å². The second-order valence-electron chi connectivity index (χ2n) is 6.37. The predicted octanol–water partition coefficient (Wildman–Crippen LogP) is 0.702. The highest BCUT2D eigenvalue weighted by atomic mass is 32.2. The van der Waals surface area contributed by atoms with E-state index in [1.54, 1.807) is 0 Å². The normalized spacial score (nSPS) is 30.0. The molecule has 23 heavy (non-hydrogen) atoms. The molecule has 2 aliphatic rings. The highest BCUT2D eigenvalue weighted by Gasteiger charge is 2.55. The fourth-order valence-corrected chi connectivity index (χ4v) is 4.65. The van der Waals surface area contributed by atoms with E-state index < -0.39 is 10.0 Å². The molecule has 0 radical (unpaired) electrons. The zero-order valence-electron chi connectivity index (χ0n) is 13.5. The van der Waals surface area contributed by atoms with Crippen LogP contribution in [0.25, 0.3) is 0 Å². The lowest BCUT2D eigenvalue weighted by atomic mass is 9.71. The Hall–Kier alpha value is -1.15. The summed E-state index contributed by atoms with van der Waals surface area (Å²) in [4.78, 5) is 2.04. The lowest BCUT2D eigenvalue weighted by Crippen LogP contribution is -2.69. The number of para-hydroxylation sites is 1. The van der Waals surface area contributed by atoms with Crippen molar-refractivity contribution in [2.75, 3.05) is 33.1 Å². The second-order valence-corrected chi connectivity index (χ2v) is 8.24. The molecule has 0 amide bonds. The van der Waals surface area contributed by atoms with E-state index in [1.807, 2.05) is 49.3 Å². The highest BCUT2D eigenvalue weighted by Crippen LogP contribution is 2.41. The van der Waals surface area contributed by atoms with E-state index in [4.69, 9.17) is 9.47 Å². The van der Waals surface area contributed by atoms with Gasteiger partial charge in [-0.3, -0.25) is 0 Å². The van der Waals surface area contributed by atoms with Crippen LogP contribution in [-0.4, -0.2) is 64.6 Å². The van der Waals surface area contributed by atoms with Gasteiger partial charge in [-0.1, -0.05) is 18.2 Å². The fourth-order valence-electron chi connectivity index (χ4n) is 3.50. The van der Waals surface area contributed by atoms with Crippen LogP contribution < -0.4 is 9.46 Å². The van der Waals surface area contributed by atoms with Crippen LogP contribution in [0.1, 0.15) is 6.42 Å². The number of benzene rings is 1. The summed E-state index contributed by atoms with van der Waals surface area (Å²) in [5.41, 5.74) is 0. The second kappa shape index (κ2) is 6.76. The average molecular weight is 340 g/mol. The molecule has 3 rings (SSSR count). The Morgan fingerprint density at radius 3 is 2.74 bits per heavy atom. The van der Waals surface area contributed by atoms with Crippen molar-refractivity contribution in [3.63, 3.8) is 0 Å². The van der Waals surface area contributed by atoms with Crippen LogP contribution in [0.15, 0.2) is 30.3 Å². The van der Waals surface area contributed by atoms with Gasteiger partial charge in [0.2, 0.25) is 10.0 Å². The number of fused-ring (bicyclic) bond motifs is 1. The van der Waals surface area contributed by atoms with E-state index in [1.165, 1.54) is 0 Å². The molecule has 0 spiro atoms. The zero-order chi connectivity index (χ0) is 16.4. The average Bonchev–Trinajstić information content (AvgIpc) is 2.89. The molecule has 6 nitrogen and oxygen atoms in total. The van der Waals surface area contributed by atoms with Gasteiger partial charge in [0.1, 0.15) is 12.4 Å². The molecular formula is C16H24N2O4S. The van der Waals surface area contributed by atoms with Crippen molar-refractivity contribution < 1.29 is 17.9 Å². The Morgan fingerprint density at radius 2 is 2.04 bits per heavy atom. The molecule has 1 aliphatic carbocycles. The molecule has 1 aromatic carbocycles. The molecule has 0 bridgehead atoms. The van der Waals surface area contributed by atoms with Crippen LogP contribution in [0.4, 0.5) is 0 Å². The number of ether oxygens (including phenoxy) is 2. The van der Waals surface area contributed by atoms with Gasteiger partial charge in [-0.2, -0.15) is 0 Å². The summed E-state index contributed by atoms with van der Waals surface area (Å²) < 4.78 is 38.7. The summed E-state index contributed by atoms with van der Waals surface area (Å²) >= 11 is 0. The Bertz CT molecular complexity index is 620. The lowest BCUT2D eigenvalue weighted by Gasteiger charge is -2.50. The summed E-state index contributed by atoms with van der Waals surface area (Å²) in [6.07, 6.45) is 1.07. The van der Waals surface area contributed by atoms with Crippen LogP contribution in [0.2, 0.25) is 0 Å². The molecule has 7 heteroatoms. The lowest BCUT2D eigenvalue weighted by molar-refractivity contribution is -0.0626. The van der Waals surface area contributed by atoms with E-state index in [2.05, 4.69) is 4.72 Å². The summed E-state index contributed by atoms with van der Waals surface area (Å²) in [5.74, 6) is 0.922. The quantitative estimate of drug-likeness (QED) is 0.791. The molecule has 1 saturated carbocycles. The number of hydrogen-bond donors (Lipinski definition) is 1. The summed E-state index contributed by atoms with van der Waals surface area (Å²) in [5, 5.41) is 0. The van der Waals surface area contributed by atoms with E-state index in [-0.39, 0.29) is 36.5 Å². The maximum absolute atomic E-state index is 12.3. The van der Waals surface area contributed by atoms with E-state index in [0.717, 1.165) is 13.0 Å². The molecular weight excluding hydrogens is 316 g/mol. The Morgan fingerprint density at radius 1 is 1.30 bits per heavy atom. The number of rotatable bonds is 7. The largest absolute Gasteiger partial charge is 0.492 e. The van der Waals surface area contributed by atoms with Gasteiger partial charge in [-0.15, -0.1) is 0 Å². The molecule has 1 heterocycles. The first-order valence-corrected chi connectivity index (χ1v) is 9.59. The first kappa shape index (κ1) is 16.7. The van der Waals surface area contributed by atoms with E-state index in [0.29, 0.717) is 5.75 Å². The van der Waals surface area contributed by atoms with Gasteiger partial charge in [0, 0.05) is 18.6 Å². The van der Waals surface area contributed by atoms with Gasteiger partial charge < -0.3 is 14.4 Å². The van der Waals surface area contributed by atoms with Gasteiger partial charge in [0.15, 0.2) is 0 Å². The summed E-state index contributed by atoms with van der Waals surface area (Å²) in [7, 11) is 0.547. The summed E-state index contributed by atoms with van der Waals surface area (Å²) in [6, 6.07) is 9.27. The molecule has 1 aliphatic heterocycles. The Labute approximate surface area is 137 Å². The maximum atomic E-state index is 12.3. The predicted molar refractivity (Wildman–Crippen MR) is 88.0 cm³/mol. The van der Waals surface area contributed by atoms with Gasteiger partial charge in [0.05, 0.1) is 17.9 Å². The number of hydrogen-bond acceptors (Lipinski definition) is 5. The number of sulfonamides is 1. The number of likely N-dealkylation sites (N-methyl/N-ethyl adjacent to an activating group) is 1. The molecule has 4 atom stereocenters. The van der Waals surface area contributed by atoms with Crippen molar-refractivity contribution in [2.45, 2.75) is 24.6 Å². The van der Waals surface area contributed by atoms with Crippen LogP contribution in [0, 0.1) is 5.92 Å². The minimum absolute atomic E-state index is 0.0449. The summed E-state index contributed by atoms with van der Waals surface area (Å²) in [6.45, 7) is 0.859. The molecule has 0 unspecified atom stereocenters. The van der Waals surface area contributed by atoms with Crippen molar-refractivity contribution >= 4 is 10.0 Å². The van der Waals surface area contributed by atoms with E-state index >= 15 is 0 Å². The fraction of sp³-hybridized carbons (Fsp3) is 0.625. The molecule has 128 valence electrons. The molecule has 1 aromatic rings. The van der Waals surface area contributed by atoms with Crippen molar-refractivity contribution in [1.29, 1.82) is 0 Å². The third kappa shape index (κ3) is 3.68. The molecule has 1 saturated heterocycles. The third-order valence-electron chi connectivity index (χ3n) is 4.63. The van der Waals surface area contributed by atoms with Gasteiger partial charge in [-0.25, -0.2) is 13.1 Å². The SMILES string of the molecule is CN(C)[C@H]1[C@H](NS(=O)(=O)CCOc2ccccc2)[C@@H]2CCO[C@@H]21. The first-order chi connectivity index (χ1) is 11.0. The van der Waals surface area contributed by atoms with Crippen LogP contribution in [-0.2, 0) is 14.8 Å². The van der Waals surface area contributed by atoms with Crippen LogP contribution >= 0.6 is 0 Å². The van der Waals surface area contributed by atoms with Crippen molar-refractivity contribution in [3.05, 3.63) is 30.3 Å². The number of nitrogens with zero attached hydrogens (tertiary/aromatic N) is 1. The zero-order valence-corrected chi connectivity index (χ0v) is 14.3. The van der Waals surface area contributed by atoms with Crippen LogP contribution in [0.3, 0.4) is 0 Å².